The number of likely N-dealkylation sites (N-methyl/N-ethyl adjacent to an activating group) is 1. The maximum atomic E-state index is 12.3. The number of carbonyl (C=O) groups excluding carboxylic acids is 1. The summed E-state index contributed by atoms with van der Waals surface area (Å²) in [6, 6.07) is 13.6. The van der Waals surface area contributed by atoms with Gasteiger partial charge in [0.2, 0.25) is 0 Å². The Balaban J connectivity index is 1.53. The topological polar surface area (TPSA) is 55.8 Å². The van der Waals surface area contributed by atoms with E-state index in [4.69, 9.17) is 0 Å². The van der Waals surface area contributed by atoms with E-state index in [0.29, 0.717) is 17.7 Å². The summed E-state index contributed by atoms with van der Waals surface area (Å²) in [5, 5.41) is 12.9. The largest absolute Gasteiger partial charge is 0.507 e. The Bertz CT molecular complexity index is 750. The summed E-state index contributed by atoms with van der Waals surface area (Å²) in [4.78, 5) is 17.1. The van der Waals surface area contributed by atoms with Crippen molar-refractivity contribution >= 4 is 5.91 Å². The van der Waals surface area contributed by atoms with Gasteiger partial charge in [0, 0.05) is 39.3 Å². The molecule has 1 saturated heterocycles. The van der Waals surface area contributed by atoms with Gasteiger partial charge < -0.3 is 15.3 Å². The molecule has 5 heteroatoms. The molecular formula is C21H27N3O2. The van der Waals surface area contributed by atoms with E-state index < -0.39 is 0 Å². The minimum Gasteiger partial charge on any atom is -0.507 e. The number of para-hydroxylation sites is 1. The smallest absolute Gasteiger partial charge is 0.255 e. The van der Waals surface area contributed by atoms with Gasteiger partial charge in [0.25, 0.3) is 5.91 Å². The number of phenolic OH excluding ortho intramolecular Hbond substituents is 1. The zero-order valence-electron chi connectivity index (χ0n) is 15.5. The number of aryl methyl sites for hydroxylation is 1. The highest BCUT2D eigenvalue weighted by atomic mass is 16.3. The monoisotopic (exact) mass is 353 g/mol. The van der Waals surface area contributed by atoms with Crippen LogP contribution in [0.3, 0.4) is 0 Å². The molecule has 0 atom stereocenters. The van der Waals surface area contributed by atoms with Gasteiger partial charge in [-0.3, -0.25) is 9.69 Å². The minimum absolute atomic E-state index is 0.0486. The van der Waals surface area contributed by atoms with Gasteiger partial charge in [0.15, 0.2) is 0 Å². The standard InChI is InChI=1S/C21H27N3O2/c1-16-4-3-5-19(20(16)25)21(26)22-14-17-6-8-18(9-7-17)15-24-12-10-23(2)11-13-24/h3-9,25H,10-15H2,1-2H3,(H,22,26). The van der Waals surface area contributed by atoms with E-state index >= 15 is 0 Å². The van der Waals surface area contributed by atoms with Crippen LogP contribution in [0.1, 0.15) is 27.0 Å². The third-order valence-electron chi connectivity index (χ3n) is 4.96. The SMILES string of the molecule is Cc1cccc(C(=O)NCc2ccc(CN3CCN(C)CC3)cc2)c1O. The summed E-state index contributed by atoms with van der Waals surface area (Å²) in [7, 11) is 2.16. The molecule has 26 heavy (non-hydrogen) atoms. The Kier molecular flexibility index (Phi) is 5.91. The lowest BCUT2D eigenvalue weighted by atomic mass is 10.1. The van der Waals surface area contributed by atoms with Gasteiger partial charge >= 0.3 is 0 Å². The molecule has 1 heterocycles. The van der Waals surface area contributed by atoms with E-state index in [0.717, 1.165) is 38.3 Å². The molecule has 1 fully saturated rings. The first-order valence-electron chi connectivity index (χ1n) is 9.08. The second kappa shape index (κ2) is 8.34. The molecule has 0 aromatic heterocycles. The second-order valence-corrected chi connectivity index (χ2v) is 7.05. The first kappa shape index (κ1) is 18.4. The lowest BCUT2D eigenvalue weighted by Crippen LogP contribution is -2.43. The molecule has 0 aliphatic carbocycles. The van der Waals surface area contributed by atoms with Gasteiger partial charge in [0.1, 0.15) is 5.75 Å². The molecule has 0 spiro atoms. The maximum absolute atomic E-state index is 12.3. The van der Waals surface area contributed by atoms with Crippen molar-refractivity contribution in [2.75, 3.05) is 33.2 Å². The molecule has 2 N–H and O–H groups in total. The molecule has 0 radical (unpaired) electrons. The average molecular weight is 353 g/mol. The lowest BCUT2D eigenvalue weighted by Gasteiger charge is -2.32. The van der Waals surface area contributed by atoms with Gasteiger partial charge in [-0.15, -0.1) is 0 Å². The van der Waals surface area contributed by atoms with Gasteiger partial charge in [-0.2, -0.15) is 0 Å². The highest BCUT2D eigenvalue weighted by molar-refractivity contribution is 5.97. The molecule has 1 aliphatic heterocycles. The first-order chi connectivity index (χ1) is 12.5. The third-order valence-corrected chi connectivity index (χ3v) is 4.96. The number of piperazine rings is 1. The predicted molar refractivity (Wildman–Crippen MR) is 103 cm³/mol. The predicted octanol–water partition coefficient (Wildman–Crippen LogP) is 2.38. The van der Waals surface area contributed by atoms with Crippen molar-refractivity contribution in [3.05, 3.63) is 64.7 Å². The first-order valence-corrected chi connectivity index (χ1v) is 9.08. The Morgan fingerprint density at radius 2 is 1.69 bits per heavy atom. The van der Waals surface area contributed by atoms with Crippen molar-refractivity contribution in [3.63, 3.8) is 0 Å². The normalized spacial score (nSPS) is 15.8. The number of nitrogens with zero attached hydrogens (tertiary/aromatic N) is 2. The Morgan fingerprint density at radius 1 is 1.04 bits per heavy atom. The zero-order valence-corrected chi connectivity index (χ0v) is 15.5. The van der Waals surface area contributed by atoms with E-state index in [9.17, 15) is 9.90 Å². The Hall–Kier alpha value is -2.37. The summed E-state index contributed by atoms with van der Waals surface area (Å²) >= 11 is 0. The Morgan fingerprint density at radius 3 is 2.38 bits per heavy atom. The van der Waals surface area contributed by atoms with E-state index in [1.165, 1.54) is 5.56 Å². The van der Waals surface area contributed by atoms with Crippen LogP contribution in [0, 0.1) is 6.92 Å². The van der Waals surface area contributed by atoms with Crippen LogP contribution >= 0.6 is 0 Å². The van der Waals surface area contributed by atoms with Crippen LogP contribution in [0.15, 0.2) is 42.5 Å². The molecule has 0 unspecified atom stereocenters. The van der Waals surface area contributed by atoms with Crippen molar-refractivity contribution in [2.45, 2.75) is 20.0 Å². The number of rotatable bonds is 5. The van der Waals surface area contributed by atoms with Gasteiger partial charge in [-0.05, 0) is 36.7 Å². The molecule has 2 aromatic rings. The van der Waals surface area contributed by atoms with Gasteiger partial charge in [-0.1, -0.05) is 36.4 Å². The quantitative estimate of drug-likeness (QED) is 0.867. The number of hydrogen-bond acceptors (Lipinski definition) is 4. The van der Waals surface area contributed by atoms with Crippen LogP contribution in [0.5, 0.6) is 5.75 Å². The molecule has 2 aromatic carbocycles. The van der Waals surface area contributed by atoms with Crippen molar-refractivity contribution in [2.24, 2.45) is 0 Å². The number of phenols is 1. The minimum atomic E-state index is -0.257. The summed E-state index contributed by atoms with van der Waals surface area (Å²) < 4.78 is 0. The number of carbonyl (C=O) groups is 1. The molecule has 0 bridgehead atoms. The summed E-state index contributed by atoms with van der Waals surface area (Å²) in [6.45, 7) is 7.65. The number of hydrogen-bond donors (Lipinski definition) is 2. The molecular weight excluding hydrogens is 326 g/mol. The lowest BCUT2D eigenvalue weighted by molar-refractivity contribution is 0.0948. The molecule has 0 saturated carbocycles. The number of amides is 1. The van der Waals surface area contributed by atoms with Crippen LogP contribution in [-0.2, 0) is 13.1 Å². The van der Waals surface area contributed by atoms with Crippen molar-refractivity contribution < 1.29 is 9.90 Å². The van der Waals surface area contributed by atoms with E-state index in [2.05, 4.69) is 46.4 Å². The fourth-order valence-electron chi connectivity index (χ4n) is 3.15. The van der Waals surface area contributed by atoms with Crippen molar-refractivity contribution in [1.82, 2.24) is 15.1 Å². The number of nitrogens with one attached hydrogen (secondary N) is 1. The number of benzene rings is 2. The molecule has 3 rings (SSSR count). The second-order valence-electron chi connectivity index (χ2n) is 7.05. The Labute approximate surface area is 155 Å². The fraction of sp³-hybridized carbons (Fsp3) is 0.381. The summed E-state index contributed by atoms with van der Waals surface area (Å²) in [5.74, 6) is -0.208. The van der Waals surface area contributed by atoms with E-state index in [1.807, 2.05) is 0 Å². The molecule has 1 aliphatic rings. The van der Waals surface area contributed by atoms with Crippen LogP contribution in [0.4, 0.5) is 0 Å². The molecule has 5 nitrogen and oxygen atoms in total. The van der Waals surface area contributed by atoms with Crippen LogP contribution in [0.2, 0.25) is 0 Å². The fourth-order valence-corrected chi connectivity index (χ4v) is 3.15. The maximum Gasteiger partial charge on any atom is 0.255 e. The summed E-state index contributed by atoms with van der Waals surface area (Å²) in [5.41, 5.74) is 3.36. The molecule has 138 valence electrons. The summed E-state index contributed by atoms with van der Waals surface area (Å²) in [6.07, 6.45) is 0. The van der Waals surface area contributed by atoms with E-state index in [1.54, 1.807) is 25.1 Å². The third kappa shape index (κ3) is 4.62. The van der Waals surface area contributed by atoms with Crippen molar-refractivity contribution in [3.8, 4) is 5.75 Å². The van der Waals surface area contributed by atoms with Crippen LogP contribution < -0.4 is 5.32 Å². The van der Waals surface area contributed by atoms with Crippen LogP contribution in [-0.4, -0.2) is 54.0 Å². The molecule has 1 amide bonds. The van der Waals surface area contributed by atoms with Gasteiger partial charge in [-0.25, -0.2) is 0 Å². The zero-order chi connectivity index (χ0) is 18.5. The van der Waals surface area contributed by atoms with E-state index in [-0.39, 0.29) is 11.7 Å². The highest BCUT2D eigenvalue weighted by Gasteiger charge is 2.14. The number of aromatic hydroxyl groups is 1. The van der Waals surface area contributed by atoms with Crippen molar-refractivity contribution in [1.29, 1.82) is 0 Å². The average Bonchev–Trinajstić information content (AvgIpc) is 2.65. The van der Waals surface area contributed by atoms with Gasteiger partial charge in [0.05, 0.1) is 5.56 Å². The van der Waals surface area contributed by atoms with Crippen LogP contribution in [0.25, 0.3) is 0 Å². The highest BCUT2D eigenvalue weighted by Crippen LogP contribution is 2.21.